The van der Waals surface area contributed by atoms with E-state index in [0.29, 0.717) is 5.69 Å². The van der Waals surface area contributed by atoms with E-state index in [0.717, 1.165) is 11.3 Å². The van der Waals surface area contributed by atoms with Gasteiger partial charge in [0.25, 0.3) is 0 Å². The lowest BCUT2D eigenvalue weighted by atomic mass is 10.1. The van der Waals surface area contributed by atoms with E-state index in [-0.39, 0.29) is 5.02 Å². The van der Waals surface area contributed by atoms with Gasteiger partial charge in [0.15, 0.2) is 0 Å². The molecule has 7 heteroatoms. The first kappa shape index (κ1) is 15.0. The summed E-state index contributed by atoms with van der Waals surface area (Å²) >= 11 is 5.78. The van der Waals surface area contributed by atoms with Crippen LogP contribution < -0.4 is 5.32 Å². The van der Waals surface area contributed by atoms with Crippen molar-refractivity contribution >= 4 is 17.3 Å². The van der Waals surface area contributed by atoms with E-state index in [2.05, 4.69) is 21.5 Å². The first-order chi connectivity index (χ1) is 11.2. The van der Waals surface area contributed by atoms with Crippen LogP contribution in [0, 0.1) is 17.1 Å². The number of benzene rings is 2. The second-order valence-electron chi connectivity index (χ2n) is 4.73. The smallest absolute Gasteiger partial charge is 0.142 e. The third kappa shape index (κ3) is 3.15. The fourth-order valence-corrected chi connectivity index (χ4v) is 2.39. The van der Waals surface area contributed by atoms with E-state index >= 15 is 0 Å². The Balaban J connectivity index is 1.96. The van der Waals surface area contributed by atoms with Crippen LogP contribution in [0.25, 0.3) is 5.69 Å². The maximum atomic E-state index is 13.2. The van der Waals surface area contributed by atoms with Crippen molar-refractivity contribution in [3.8, 4) is 11.8 Å². The van der Waals surface area contributed by atoms with Crippen molar-refractivity contribution in [1.29, 1.82) is 5.26 Å². The van der Waals surface area contributed by atoms with E-state index in [1.165, 1.54) is 24.5 Å². The quantitative estimate of drug-likeness (QED) is 0.792. The molecule has 0 saturated heterocycles. The molecule has 3 aromatic rings. The number of halogens is 2. The Morgan fingerprint density at radius 3 is 2.78 bits per heavy atom. The van der Waals surface area contributed by atoms with Gasteiger partial charge in [-0.25, -0.2) is 14.1 Å². The average Bonchev–Trinajstić information content (AvgIpc) is 3.10. The van der Waals surface area contributed by atoms with Crippen LogP contribution >= 0.6 is 11.6 Å². The highest BCUT2D eigenvalue weighted by Gasteiger charge is 2.16. The Hall–Kier alpha value is -2.91. The fourth-order valence-electron chi connectivity index (χ4n) is 2.21. The highest BCUT2D eigenvalue weighted by Crippen LogP contribution is 2.26. The van der Waals surface area contributed by atoms with Gasteiger partial charge in [-0.05, 0) is 24.3 Å². The molecule has 0 bridgehead atoms. The number of para-hydroxylation sites is 1. The van der Waals surface area contributed by atoms with E-state index in [9.17, 15) is 9.65 Å². The lowest BCUT2D eigenvalue weighted by molar-refractivity contribution is 0.628. The Morgan fingerprint density at radius 2 is 2.09 bits per heavy atom. The van der Waals surface area contributed by atoms with Crippen LogP contribution in [0.15, 0.2) is 55.1 Å². The zero-order valence-corrected chi connectivity index (χ0v) is 12.6. The summed E-state index contributed by atoms with van der Waals surface area (Å²) in [6.45, 7) is 0. The van der Waals surface area contributed by atoms with Crippen LogP contribution in [0.2, 0.25) is 5.02 Å². The fraction of sp³-hybridized carbons (Fsp3) is 0.0625. The Labute approximate surface area is 137 Å². The second-order valence-corrected chi connectivity index (χ2v) is 5.14. The molecule has 0 radical (unpaired) electrons. The van der Waals surface area contributed by atoms with Gasteiger partial charge in [0, 0.05) is 11.3 Å². The number of aromatic nitrogens is 3. The van der Waals surface area contributed by atoms with Gasteiger partial charge in [0.2, 0.25) is 0 Å². The maximum Gasteiger partial charge on any atom is 0.142 e. The predicted molar refractivity (Wildman–Crippen MR) is 84.7 cm³/mol. The van der Waals surface area contributed by atoms with Gasteiger partial charge in [0.05, 0.1) is 16.8 Å². The minimum absolute atomic E-state index is 0.00347. The van der Waals surface area contributed by atoms with Crippen molar-refractivity contribution in [1.82, 2.24) is 14.8 Å². The first-order valence-electron chi connectivity index (χ1n) is 6.74. The molecule has 1 aromatic heterocycles. The summed E-state index contributed by atoms with van der Waals surface area (Å²) in [5.74, 6) is -0.506. The first-order valence-corrected chi connectivity index (χ1v) is 7.12. The van der Waals surface area contributed by atoms with Crippen molar-refractivity contribution in [2.75, 3.05) is 5.32 Å². The lowest BCUT2D eigenvalue weighted by Crippen LogP contribution is -2.12. The van der Waals surface area contributed by atoms with Crippen molar-refractivity contribution in [2.45, 2.75) is 6.04 Å². The molecule has 0 saturated carbocycles. The number of nitrogens with one attached hydrogen (secondary N) is 1. The van der Waals surface area contributed by atoms with Gasteiger partial charge >= 0.3 is 0 Å². The molecule has 23 heavy (non-hydrogen) atoms. The van der Waals surface area contributed by atoms with E-state index in [1.807, 2.05) is 24.3 Å². The number of nitrogens with zero attached hydrogens (tertiary/aromatic N) is 4. The Bertz CT molecular complexity index is 857. The molecule has 0 fully saturated rings. The highest BCUT2D eigenvalue weighted by molar-refractivity contribution is 6.31. The van der Waals surface area contributed by atoms with Crippen molar-refractivity contribution in [3.05, 3.63) is 71.5 Å². The standard InChI is InChI=1S/C16H11ClFN5/c17-13-7-11(5-6-14(13)18)22-15(8-19)12-3-1-2-4-16(12)23-10-20-9-21-23/h1-7,9-10,15,22H. The summed E-state index contributed by atoms with van der Waals surface area (Å²) in [5.41, 5.74) is 2.01. The summed E-state index contributed by atoms with van der Waals surface area (Å²) in [6, 6.07) is 13.1. The van der Waals surface area contributed by atoms with Crippen LogP contribution in [0.5, 0.6) is 0 Å². The molecule has 1 heterocycles. The van der Waals surface area contributed by atoms with Gasteiger partial charge in [-0.2, -0.15) is 10.4 Å². The molecule has 0 aliphatic heterocycles. The third-order valence-electron chi connectivity index (χ3n) is 3.27. The summed E-state index contributed by atoms with van der Waals surface area (Å²) in [4.78, 5) is 3.92. The molecule has 1 atom stereocenters. The van der Waals surface area contributed by atoms with Gasteiger partial charge in [-0.3, -0.25) is 0 Å². The summed E-state index contributed by atoms with van der Waals surface area (Å²) in [7, 11) is 0. The van der Waals surface area contributed by atoms with Gasteiger partial charge in [0.1, 0.15) is 24.5 Å². The molecule has 114 valence electrons. The second kappa shape index (κ2) is 6.46. The predicted octanol–water partition coefficient (Wildman–Crippen LogP) is 3.74. The molecule has 0 aliphatic carbocycles. The van der Waals surface area contributed by atoms with Crippen molar-refractivity contribution in [2.24, 2.45) is 0 Å². The van der Waals surface area contributed by atoms with Gasteiger partial charge < -0.3 is 5.32 Å². The third-order valence-corrected chi connectivity index (χ3v) is 3.56. The molecule has 0 spiro atoms. The van der Waals surface area contributed by atoms with Crippen molar-refractivity contribution < 1.29 is 4.39 Å². The summed E-state index contributed by atoms with van der Waals surface area (Å²) in [6.07, 6.45) is 2.98. The van der Waals surface area contributed by atoms with Crippen LogP contribution in [0.1, 0.15) is 11.6 Å². The minimum Gasteiger partial charge on any atom is -0.366 e. The molecule has 1 N–H and O–H groups in total. The van der Waals surface area contributed by atoms with E-state index in [4.69, 9.17) is 11.6 Å². The zero-order chi connectivity index (χ0) is 16.2. The number of hydrogen-bond donors (Lipinski definition) is 1. The Morgan fingerprint density at radius 1 is 1.26 bits per heavy atom. The van der Waals surface area contributed by atoms with Crippen LogP contribution in [0.3, 0.4) is 0 Å². The molecule has 3 rings (SSSR count). The van der Waals surface area contributed by atoms with Gasteiger partial charge in [-0.15, -0.1) is 0 Å². The summed E-state index contributed by atoms with van der Waals surface area (Å²) in [5, 5.41) is 16.7. The molecule has 0 amide bonds. The zero-order valence-electron chi connectivity index (χ0n) is 11.8. The largest absolute Gasteiger partial charge is 0.366 e. The molecular weight excluding hydrogens is 317 g/mol. The topological polar surface area (TPSA) is 66.5 Å². The van der Waals surface area contributed by atoms with Crippen LogP contribution in [-0.4, -0.2) is 14.8 Å². The average molecular weight is 328 g/mol. The molecule has 5 nitrogen and oxygen atoms in total. The lowest BCUT2D eigenvalue weighted by Gasteiger charge is -2.17. The number of anilines is 1. The summed E-state index contributed by atoms with van der Waals surface area (Å²) < 4.78 is 14.8. The maximum absolute atomic E-state index is 13.2. The molecule has 2 aromatic carbocycles. The van der Waals surface area contributed by atoms with Crippen molar-refractivity contribution in [3.63, 3.8) is 0 Å². The monoisotopic (exact) mass is 327 g/mol. The van der Waals surface area contributed by atoms with Crippen LogP contribution in [0.4, 0.5) is 10.1 Å². The highest BCUT2D eigenvalue weighted by atomic mass is 35.5. The SMILES string of the molecule is N#CC(Nc1ccc(F)c(Cl)c1)c1ccccc1-n1cncn1. The molecule has 0 aliphatic rings. The van der Waals surface area contributed by atoms with E-state index in [1.54, 1.807) is 11.0 Å². The number of nitriles is 1. The molecule has 1 unspecified atom stereocenters. The Kier molecular flexibility index (Phi) is 4.22. The number of hydrogen-bond acceptors (Lipinski definition) is 4. The normalized spacial score (nSPS) is 11.7. The molecular formula is C16H11ClFN5. The number of rotatable bonds is 4. The van der Waals surface area contributed by atoms with Crippen LogP contribution in [-0.2, 0) is 0 Å². The van der Waals surface area contributed by atoms with Gasteiger partial charge in [-0.1, -0.05) is 29.8 Å². The minimum atomic E-state index is -0.656. The van der Waals surface area contributed by atoms with E-state index < -0.39 is 11.9 Å².